The van der Waals surface area contributed by atoms with Gasteiger partial charge in [-0.15, -0.1) is 0 Å². The lowest BCUT2D eigenvalue weighted by Gasteiger charge is -2.22. The Morgan fingerprint density at radius 2 is 1.62 bits per heavy atom. The molecular formula is C19H17NO. The molecule has 2 heteroatoms. The highest BCUT2D eigenvalue weighted by Gasteiger charge is 2.13. The predicted molar refractivity (Wildman–Crippen MR) is 84.8 cm³/mol. The van der Waals surface area contributed by atoms with Gasteiger partial charge in [0, 0.05) is 30.4 Å². The zero-order valence-corrected chi connectivity index (χ0v) is 11.8. The molecule has 0 atom stereocenters. The van der Waals surface area contributed by atoms with Crippen LogP contribution in [0.2, 0.25) is 0 Å². The second-order valence-corrected chi connectivity index (χ2v) is 5.09. The van der Waals surface area contributed by atoms with E-state index in [1.54, 1.807) is 0 Å². The number of hydrogen-bond donors (Lipinski definition) is 0. The van der Waals surface area contributed by atoms with Gasteiger partial charge in [0.2, 0.25) is 0 Å². The second-order valence-electron chi connectivity index (χ2n) is 5.09. The molecule has 0 spiro atoms. The summed E-state index contributed by atoms with van der Waals surface area (Å²) in [5.74, 6) is 0.0891. The first-order valence-corrected chi connectivity index (χ1v) is 7.09. The highest BCUT2D eigenvalue weighted by atomic mass is 16.1. The number of allylic oxidation sites excluding steroid dienone is 2. The van der Waals surface area contributed by atoms with Gasteiger partial charge in [0.25, 0.3) is 0 Å². The molecule has 0 N–H and O–H groups in total. The van der Waals surface area contributed by atoms with Crippen LogP contribution in [0.15, 0.2) is 84.6 Å². The van der Waals surface area contributed by atoms with Crippen LogP contribution >= 0.6 is 0 Å². The maximum atomic E-state index is 12.3. The smallest absolute Gasteiger partial charge is 0.192 e. The van der Waals surface area contributed by atoms with Gasteiger partial charge in [0.1, 0.15) is 0 Å². The van der Waals surface area contributed by atoms with E-state index in [-0.39, 0.29) is 5.78 Å². The molecule has 0 amide bonds. The molecule has 1 heterocycles. The molecule has 0 aliphatic carbocycles. The zero-order chi connectivity index (χ0) is 14.5. The number of benzene rings is 2. The van der Waals surface area contributed by atoms with E-state index in [1.165, 1.54) is 5.56 Å². The van der Waals surface area contributed by atoms with Gasteiger partial charge in [-0.05, 0) is 11.6 Å². The lowest BCUT2D eigenvalue weighted by Crippen LogP contribution is -2.21. The highest BCUT2D eigenvalue weighted by molar-refractivity contribution is 6.10. The molecular weight excluding hydrogens is 258 g/mol. The molecule has 2 aromatic rings. The third-order valence-electron chi connectivity index (χ3n) is 3.54. The Kier molecular flexibility index (Phi) is 3.97. The van der Waals surface area contributed by atoms with Crippen LogP contribution in [0.4, 0.5) is 0 Å². The van der Waals surface area contributed by atoms with Crippen LogP contribution in [-0.2, 0) is 6.54 Å². The van der Waals surface area contributed by atoms with Gasteiger partial charge in [0.15, 0.2) is 5.78 Å². The van der Waals surface area contributed by atoms with Crippen molar-refractivity contribution >= 4 is 5.78 Å². The summed E-state index contributed by atoms with van der Waals surface area (Å²) in [5.41, 5.74) is 2.78. The highest BCUT2D eigenvalue weighted by Crippen LogP contribution is 2.15. The monoisotopic (exact) mass is 275 g/mol. The van der Waals surface area contributed by atoms with Crippen molar-refractivity contribution in [3.05, 3.63) is 95.7 Å². The first-order valence-electron chi connectivity index (χ1n) is 7.09. The minimum Gasteiger partial charge on any atom is -0.369 e. The second kappa shape index (κ2) is 6.23. The summed E-state index contributed by atoms with van der Waals surface area (Å²) >= 11 is 0. The third-order valence-corrected chi connectivity index (χ3v) is 3.54. The number of carbonyl (C=O) groups excluding carboxylic acids is 1. The summed E-state index contributed by atoms with van der Waals surface area (Å²) in [6.45, 7) is 1.62. The van der Waals surface area contributed by atoms with E-state index in [2.05, 4.69) is 17.0 Å². The molecule has 21 heavy (non-hydrogen) atoms. The Bertz CT molecular complexity index is 671. The van der Waals surface area contributed by atoms with Crippen molar-refractivity contribution in [2.75, 3.05) is 6.54 Å². The van der Waals surface area contributed by atoms with E-state index >= 15 is 0 Å². The average molecular weight is 275 g/mol. The minimum absolute atomic E-state index is 0.0891. The number of carbonyl (C=O) groups is 1. The number of nitrogens with zero attached hydrogens (tertiary/aromatic N) is 1. The van der Waals surface area contributed by atoms with E-state index < -0.39 is 0 Å². The fourth-order valence-electron chi connectivity index (χ4n) is 2.39. The van der Waals surface area contributed by atoms with E-state index in [9.17, 15) is 4.79 Å². The molecule has 0 bridgehead atoms. The lowest BCUT2D eigenvalue weighted by atomic mass is 10.0. The van der Waals surface area contributed by atoms with Gasteiger partial charge >= 0.3 is 0 Å². The maximum Gasteiger partial charge on any atom is 0.192 e. The molecule has 1 aliphatic heterocycles. The van der Waals surface area contributed by atoms with E-state index in [0.29, 0.717) is 0 Å². The topological polar surface area (TPSA) is 20.3 Å². The Balaban J connectivity index is 1.65. The summed E-state index contributed by atoms with van der Waals surface area (Å²) in [6.07, 6.45) is 5.91. The zero-order valence-electron chi connectivity index (χ0n) is 11.8. The molecule has 0 unspecified atom stereocenters. The average Bonchev–Trinajstić information content (AvgIpc) is 2.57. The molecule has 2 nitrogen and oxygen atoms in total. The number of ketones is 1. The van der Waals surface area contributed by atoms with Crippen LogP contribution in [0.25, 0.3) is 0 Å². The molecule has 0 aromatic heterocycles. The van der Waals surface area contributed by atoms with Crippen molar-refractivity contribution in [2.45, 2.75) is 6.54 Å². The van der Waals surface area contributed by atoms with Crippen LogP contribution in [-0.4, -0.2) is 17.2 Å². The fourth-order valence-corrected chi connectivity index (χ4v) is 2.39. The summed E-state index contributed by atoms with van der Waals surface area (Å²) in [4.78, 5) is 14.5. The van der Waals surface area contributed by atoms with Crippen molar-refractivity contribution in [3.8, 4) is 0 Å². The van der Waals surface area contributed by atoms with Gasteiger partial charge < -0.3 is 4.90 Å². The van der Waals surface area contributed by atoms with Crippen molar-refractivity contribution in [2.24, 2.45) is 0 Å². The molecule has 0 fully saturated rings. The molecule has 0 saturated heterocycles. The third kappa shape index (κ3) is 3.29. The standard InChI is InChI=1S/C19H17NO/c21-19(17-9-5-2-6-10-17)18-11-13-20(14-12-18)15-16-7-3-1-4-8-16/h1-13H,14-15H2. The molecule has 0 saturated carbocycles. The van der Waals surface area contributed by atoms with E-state index in [0.717, 1.165) is 24.2 Å². The number of rotatable bonds is 4. The first kappa shape index (κ1) is 13.4. The van der Waals surface area contributed by atoms with Gasteiger partial charge in [-0.1, -0.05) is 66.7 Å². The Hall–Kier alpha value is -2.61. The largest absolute Gasteiger partial charge is 0.369 e. The summed E-state index contributed by atoms with van der Waals surface area (Å²) < 4.78 is 0. The quantitative estimate of drug-likeness (QED) is 0.790. The SMILES string of the molecule is O=C(C1=CCN(Cc2ccccc2)C=C1)c1ccccc1. The van der Waals surface area contributed by atoms with Crippen molar-refractivity contribution in [1.29, 1.82) is 0 Å². The molecule has 104 valence electrons. The maximum absolute atomic E-state index is 12.3. The molecule has 0 radical (unpaired) electrons. The first-order chi connectivity index (χ1) is 10.3. The van der Waals surface area contributed by atoms with Gasteiger partial charge in [-0.2, -0.15) is 0 Å². The van der Waals surface area contributed by atoms with Crippen LogP contribution in [0.3, 0.4) is 0 Å². The van der Waals surface area contributed by atoms with Crippen LogP contribution in [0.5, 0.6) is 0 Å². The number of hydrogen-bond acceptors (Lipinski definition) is 2. The Morgan fingerprint density at radius 1 is 0.952 bits per heavy atom. The van der Waals surface area contributed by atoms with Gasteiger partial charge in [-0.25, -0.2) is 0 Å². The van der Waals surface area contributed by atoms with Crippen molar-refractivity contribution < 1.29 is 4.79 Å². The Labute approximate surface area is 125 Å². The fraction of sp³-hybridized carbons (Fsp3) is 0.105. The Morgan fingerprint density at radius 3 is 2.24 bits per heavy atom. The summed E-state index contributed by atoms with van der Waals surface area (Å²) in [5, 5.41) is 0. The van der Waals surface area contributed by atoms with E-state index in [1.807, 2.05) is 66.9 Å². The van der Waals surface area contributed by atoms with Crippen LogP contribution in [0, 0.1) is 0 Å². The normalized spacial score (nSPS) is 13.9. The van der Waals surface area contributed by atoms with E-state index in [4.69, 9.17) is 0 Å². The molecule has 1 aliphatic rings. The van der Waals surface area contributed by atoms with Crippen LogP contribution in [0.1, 0.15) is 15.9 Å². The van der Waals surface area contributed by atoms with Crippen molar-refractivity contribution in [3.63, 3.8) is 0 Å². The minimum atomic E-state index is 0.0891. The summed E-state index contributed by atoms with van der Waals surface area (Å²) in [7, 11) is 0. The summed E-state index contributed by atoms with van der Waals surface area (Å²) in [6, 6.07) is 19.7. The lowest BCUT2D eigenvalue weighted by molar-refractivity contribution is 0.103. The number of Topliss-reactive ketones (excluding diaryl/α,β-unsaturated/α-hetero) is 1. The van der Waals surface area contributed by atoms with Gasteiger partial charge in [-0.3, -0.25) is 4.79 Å². The molecule has 2 aromatic carbocycles. The van der Waals surface area contributed by atoms with Crippen molar-refractivity contribution in [1.82, 2.24) is 4.90 Å². The molecule has 3 rings (SSSR count). The van der Waals surface area contributed by atoms with Gasteiger partial charge in [0.05, 0.1) is 0 Å². The predicted octanol–water partition coefficient (Wildman–Crippen LogP) is 3.83. The van der Waals surface area contributed by atoms with Crippen LogP contribution < -0.4 is 0 Å².